The number of aryl methyl sites for hydroxylation is 4. The molecule has 7 heteroatoms. The number of ether oxygens (including phenoxy) is 1. The van der Waals surface area contributed by atoms with Crippen LogP contribution >= 0.6 is 0 Å². The summed E-state index contributed by atoms with van der Waals surface area (Å²) >= 11 is 0. The van der Waals surface area contributed by atoms with Crippen molar-refractivity contribution in [2.75, 3.05) is 11.5 Å². The van der Waals surface area contributed by atoms with E-state index in [-0.39, 0.29) is 11.8 Å². The van der Waals surface area contributed by atoms with E-state index >= 15 is 0 Å². The number of hydrogen-bond acceptors (Lipinski definition) is 5. The predicted octanol–water partition coefficient (Wildman–Crippen LogP) is 5.36. The highest BCUT2D eigenvalue weighted by atomic mass is 16.5. The van der Waals surface area contributed by atoms with Gasteiger partial charge in [0.25, 0.3) is 5.95 Å². The van der Waals surface area contributed by atoms with E-state index in [9.17, 15) is 4.79 Å². The molecule has 0 bridgehead atoms. The lowest BCUT2D eigenvalue weighted by Crippen LogP contribution is -2.38. The zero-order valence-corrected chi connectivity index (χ0v) is 21.4. The molecule has 0 saturated carbocycles. The lowest BCUT2D eigenvalue weighted by molar-refractivity contribution is -0.119. The quantitative estimate of drug-likeness (QED) is 0.371. The molecule has 36 heavy (non-hydrogen) atoms. The van der Waals surface area contributed by atoms with Crippen LogP contribution < -0.4 is 9.64 Å². The van der Waals surface area contributed by atoms with Gasteiger partial charge in [-0.3, -0.25) is 9.69 Å². The molecule has 3 heterocycles. The fourth-order valence-electron chi connectivity index (χ4n) is 5.01. The van der Waals surface area contributed by atoms with E-state index in [2.05, 4.69) is 29.0 Å². The number of carbonyl (C=O) groups is 1. The van der Waals surface area contributed by atoms with Crippen LogP contribution in [0.3, 0.4) is 0 Å². The van der Waals surface area contributed by atoms with Crippen LogP contribution in [0.5, 0.6) is 5.75 Å². The molecule has 2 aromatic carbocycles. The Balaban J connectivity index is 1.68. The summed E-state index contributed by atoms with van der Waals surface area (Å²) in [6.07, 6.45) is 0.368. The van der Waals surface area contributed by atoms with Gasteiger partial charge in [-0.2, -0.15) is 9.78 Å². The van der Waals surface area contributed by atoms with Crippen molar-refractivity contribution in [2.24, 2.45) is 0 Å². The Morgan fingerprint density at radius 2 is 1.67 bits per heavy atom. The molecule has 184 valence electrons. The van der Waals surface area contributed by atoms with Gasteiger partial charge in [0.1, 0.15) is 11.6 Å². The summed E-state index contributed by atoms with van der Waals surface area (Å²) in [6, 6.07) is 18.1. The number of aromatic nitrogens is 4. The molecule has 0 radical (unpaired) electrons. The van der Waals surface area contributed by atoms with Crippen LogP contribution in [0, 0.1) is 27.7 Å². The SMILES string of the molecule is CCOc1ccc([C@H]2CC(=O)N(Cc3ccccc3C)c3c2c(C)nn3-c2nc(C)cc(C)n2)cc1. The molecule has 7 nitrogen and oxygen atoms in total. The Morgan fingerprint density at radius 1 is 0.972 bits per heavy atom. The molecule has 0 N–H and O–H groups in total. The van der Waals surface area contributed by atoms with Crippen molar-refractivity contribution in [3.05, 3.63) is 93.9 Å². The minimum Gasteiger partial charge on any atom is -0.494 e. The number of nitrogens with zero attached hydrogens (tertiary/aromatic N) is 5. The smallest absolute Gasteiger partial charge is 0.252 e. The molecule has 0 saturated heterocycles. The highest BCUT2D eigenvalue weighted by Gasteiger charge is 2.38. The van der Waals surface area contributed by atoms with E-state index in [4.69, 9.17) is 9.84 Å². The van der Waals surface area contributed by atoms with E-state index in [1.165, 1.54) is 0 Å². The standard InChI is InChI=1S/C29H31N5O2/c1-6-36-24-13-11-22(12-14-24)25-16-26(35)33(17-23-10-8-7-9-18(23)2)28-27(25)21(5)32-34(28)29-30-19(3)15-20(4)31-29/h7-15,25H,6,16-17H2,1-5H3/t25-/m1/s1. The summed E-state index contributed by atoms with van der Waals surface area (Å²) in [5, 5.41) is 4.89. The van der Waals surface area contributed by atoms with Gasteiger partial charge < -0.3 is 4.74 Å². The van der Waals surface area contributed by atoms with Crippen molar-refractivity contribution in [2.45, 2.75) is 53.5 Å². The lowest BCUT2D eigenvalue weighted by atomic mass is 9.85. The zero-order chi connectivity index (χ0) is 25.4. The van der Waals surface area contributed by atoms with Gasteiger partial charge in [-0.25, -0.2) is 9.97 Å². The maximum atomic E-state index is 13.8. The number of amides is 1. The van der Waals surface area contributed by atoms with E-state index in [0.717, 1.165) is 50.9 Å². The van der Waals surface area contributed by atoms with Crippen molar-refractivity contribution in [3.63, 3.8) is 0 Å². The third-order valence-electron chi connectivity index (χ3n) is 6.71. The Morgan fingerprint density at radius 3 is 2.33 bits per heavy atom. The average molecular weight is 482 g/mol. The van der Waals surface area contributed by atoms with Crippen molar-refractivity contribution < 1.29 is 9.53 Å². The Bertz CT molecular complexity index is 1400. The number of rotatable bonds is 6. The molecule has 2 aromatic heterocycles. The molecule has 0 fully saturated rings. The van der Waals surface area contributed by atoms with Crippen molar-refractivity contribution in [3.8, 4) is 11.7 Å². The maximum absolute atomic E-state index is 13.8. The number of anilines is 1. The summed E-state index contributed by atoms with van der Waals surface area (Å²) in [4.78, 5) is 25.0. The van der Waals surface area contributed by atoms with Crippen LogP contribution in [0.15, 0.2) is 54.6 Å². The summed E-state index contributed by atoms with van der Waals surface area (Å²) in [6.45, 7) is 11.0. The van der Waals surface area contributed by atoms with Crippen LogP contribution in [0.25, 0.3) is 5.95 Å². The van der Waals surface area contributed by atoms with E-state index in [0.29, 0.717) is 25.5 Å². The number of benzene rings is 2. The van der Waals surface area contributed by atoms with Crippen molar-refractivity contribution >= 4 is 11.7 Å². The Hall–Kier alpha value is -4.00. The van der Waals surface area contributed by atoms with Crippen LogP contribution in [-0.2, 0) is 11.3 Å². The first kappa shape index (κ1) is 23.7. The molecule has 1 aliphatic heterocycles. The van der Waals surface area contributed by atoms with Gasteiger partial charge in [0, 0.05) is 29.3 Å². The summed E-state index contributed by atoms with van der Waals surface area (Å²) in [7, 11) is 0. The lowest BCUT2D eigenvalue weighted by Gasteiger charge is -2.33. The Labute approximate surface area is 211 Å². The monoisotopic (exact) mass is 481 g/mol. The summed E-state index contributed by atoms with van der Waals surface area (Å²) in [5.74, 6) is 1.98. The molecule has 1 aliphatic rings. The molecule has 1 atom stereocenters. The molecule has 0 unspecified atom stereocenters. The molecular formula is C29H31N5O2. The van der Waals surface area contributed by atoms with Gasteiger partial charge >= 0.3 is 0 Å². The maximum Gasteiger partial charge on any atom is 0.252 e. The van der Waals surface area contributed by atoms with Gasteiger partial charge in [-0.05, 0) is 69.5 Å². The second-order valence-electron chi connectivity index (χ2n) is 9.35. The van der Waals surface area contributed by atoms with Gasteiger partial charge in [0.15, 0.2) is 0 Å². The predicted molar refractivity (Wildman–Crippen MR) is 140 cm³/mol. The van der Waals surface area contributed by atoms with Crippen LogP contribution in [0.1, 0.15) is 58.6 Å². The van der Waals surface area contributed by atoms with Gasteiger partial charge in [0.2, 0.25) is 5.91 Å². The van der Waals surface area contributed by atoms with Crippen LogP contribution in [0.2, 0.25) is 0 Å². The summed E-state index contributed by atoms with van der Waals surface area (Å²) < 4.78 is 7.38. The molecule has 0 aliphatic carbocycles. The first-order chi connectivity index (χ1) is 17.4. The van der Waals surface area contributed by atoms with E-state index in [1.807, 2.05) is 75.1 Å². The minimum absolute atomic E-state index is 0.0511. The molecular weight excluding hydrogens is 450 g/mol. The highest BCUT2D eigenvalue weighted by molar-refractivity contribution is 5.97. The number of carbonyl (C=O) groups excluding carboxylic acids is 1. The molecule has 1 amide bonds. The molecule has 4 aromatic rings. The second-order valence-corrected chi connectivity index (χ2v) is 9.35. The fourth-order valence-corrected chi connectivity index (χ4v) is 5.01. The Kier molecular flexibility index (Phi) is 6.31. The fraction of sp³-hybridized carbons (Fsp3) is 0.310. The van der Waals surface area contributed by atoms with Crippen LogP contribution in [-0.4, -0.2) is 32.3 Å². The summed E-state index contributed by atoms with van der Waals surface area (Å²) in [5.41, 5.74) is 6.93. The first-order valence-corrected chi connectivity index (χ1v) is 12.4. The molecule has 5 rings (SSSR count). The second kappa shape index (κ2) is 9.57. The van der Waals surface area contributed by atoms with Crippen molar-refractivity contribution in [1.29, 1.82) is 0 Å². The first-order valence-electron chi connectivity index (χ1n) is 12.4. The van der Waals surface area contributed by atoms with E-state index in [1.54, 1.807) is 4.68 Å². The minimum atomic E-state index is -0.115. The van der Waals surface area contributed by atoms with Gasteiger partial charge in [-0.1, -0.05) is 36.4 Å². The third kappa shape index (κ3) is 4.37. The number of hydrogen-bond donors (Lipinski definition) is 0. The highest BCUT2D eigenvalue weighted by Crippen LogP contribution is 2.43. The normalized spacial score (nSPS) is 15.2. The van der Waals surface area contributed by atoms with Crippen LogP contribution in [0.4, 0.5) is 5.82 Å². The third-order valence-corrected chi connectivity index (χ3v) is 6.71. The topological polar surface area (TPSA) is 73.1 Å². The molecule has 0 spiro atoms. The van der Waals surface area contributed by atoms with E-state index < -0.39 is 0 Å². The number of fused-ring (bicyclic) bond motifs is 1. The zero-order valence-electron chi connectivity index (χ0n) is 21.4. The van der Waals surface area contributed by atoms with Gasteiger partial charge in [-0.15, -0.1) is 0 Å². The average Bonchev–Trinajstić information content (AvgIpc) is 3.19. The van der Waals surface area contributed by atoms with Gasteiger partial charge in [0.05, 0.1) is 18.8 Å². The largest absolute Gasteiger partial charge is 0.494 e. The van der Waals surface area contributed by atoms with Crippen molar-refractivity contribution in [1.82, 2.24) is 19.7 Å².